The number of aromatic nitrogens is 6. The van der Waals surface area contributed by atoms with Crippen LogP contribution in [0.15, 0.2) is 212 Å². The summed E-state index contributed by atoms with van der Waals surface area (Å²) in [6, 6.07) is 70.8. The average Bonchev–Trinajstić information content (AvgIpc) is 3.37. The lowest BCUT2D eigenvalue weighted by molar-refractivity contribution is 1.07. The summed E-state index contributed by atoms with van der Waals surface area (Å²) in [5.74, 6) is 3.31. The molecule has 0 amide bonds. The Labute approximate surface area is 359 Å². The van der Waals surface area contributed by atoms with Gasteiger partial charge in [-0.2, -0.15) is 0 Å². The molecule has 7 heteroatoms. The summed E-state index contributed by atoms with van der Waals surface area (Å²) >= 11 is 0. The fourth-order valence-electron chi connectivity index (χ4n) is 7.52. The fourth-order valence-corrected chi connectivity index (χ4v) is 7.52. The molecule has 10 aromatic rings. The van der Waals surface area contributed by atoms with E-state index in [1.54, 1.807) is 0 Å². The van der Waals surface area contributed by atoms with Crippen LogP contribution in [0.2, 0.25) is 0 Å². The molecule has 0 aliphatic heterocycles. The molecule has 0 saturated carbocycles. The molecule has 0 atom stereocenters. The quantitative estimate of drug-likeness (QED) is 0.135. The van der Waals surface area contributed by atoms with Crippen molar-refractivity contribution in [2.45, 2.75) is 0 Å². The van der Waals surface area contributed by atoms with Crippen LogP contribution in [-0.4, -0.2) is 29.9 Å². The van der Waals surface area contributed by atoms with Gasteiger partial charge in [0, 0.05) is 33.4 Å². The van der Waals surface area contributed by atoms with E-state index in [0.717, 1.165) is 66.8 Å². The zero-order valence-electron chi connectivity index (χ0n) is 33.3. The molecular formula is C55H35N7. The molecule has 7 nitrogen and oxygen atoms in total. The monoisotopic (exact) mass is 793 g/mol. The minimum atomic E-state index is 0.515. The van der Waals surface area contributed by atoms with Crippen LogP contribution < -0.4 is 0 Å². The van der Waals surface area contributed by atoms with Crippen LogP contribution in [-0.2, 0) is 0 Å². The van der Waals surface area contributed by atoms with E-state index in [1.165, 1.54) is 0 Å². The van der Waals surface area contributed by atoms with E-state index >= 15 is 0 Å². The Balaban J connectivity index is 1.19. The SMILES string of the molecule is [C-]#[N+]c1ccc(-c2ccc(-c3ccccc3-c3nc(-c4ccccc4)nc(-c4cccc(-c5ccccc5)c4)n3)c(-c3nc(-c4ccccc4)nc(-c4ccccc4)n3)c2)cc1. The number of rotatable bonds is 9. The lowest BCUT2D eigenvalue weighted by Gasteiger charge is -2.17. The van der Waals surface area contributed by atoms with Crippen molar-refractivity contribution in [3.05, 3.63) is 224 Å². The zero-order chi connectivity index (χ0) is 41.7. The van der Waals surface area contributed by atoms with E-state index < -0.39 is 0 Å². The van der Waals surface area contributed by atoms with E-state index in [-0.39, 0.29) is 0 Å². The van der Waals surface area contributed by atoms with Crippen molar-refractivity contribution in [2.24, 2.45) is 0 Å². The van der Waals surface area contributed by atoms with Crippen molar-refractivity contribution < 1.29 is 0 Å². The van der Waals surface area contributed by atoms with Gasteiger partial charge in [-0.05, 0) is 45.5 Å². The summed E-state index contributed by atoms with van der Waals surface area (Å²) in [5, 5.41) is 0. The van der Waals surface area contributed by atoms with Crippen LogP contribution >= 0.6 is 0 Å². The molecule has 0 aliphatic rings. The zero-order valence-corrected chi connectivity index (χ0v) is 33.3. The third-order valence-corrected chi connectivity index (χ3v) is 10.6. The smallest absolute Gasteiger partial charge is 0.187 e. The number of nitrogens with zero attached hydrogens (tertiary/aromatic N) is 7. The molecule has 62 heavy (non-hydrogen) atoms. The van der Waals surface area contributed by atoms with Gasteiger partial charge >= 0.3 is 0 Å². The molecule has 0 N–H and O–H groups in total. The highest BCUT2D eigenvalue weighted by Gasteiger charge is 2.21. The molecule has 0 unspecified atom stereocenters. The highest BCUT2D eigenvalue weighted by molar-refractivity contribution is 5.92. The highest BCUT2D eigenvalue weighted by Crippen LogP contribution is 2.40. The highest BCUT2D eigenvalue weighted by atomic mass is 15.0. The minimum Gasteiger partial charge on any atom is -0.238 e. The van der Waals surface area contributed by atoms with E-state index in [4.69, 9.17) is 36.5 Å². The van der Waals surface area contributed by atoms with Crippen LogP contribution in [0.1, 0.15) is 0 Å². The number of hydrogen-bond acceptors (Lipinski definition) is 6. The largest absolute Gasteiger partial charge is 0.238 e. The van der Waals surface area contributed by atoms with E-state index in [2.05, 4.69) is 59.4 Å². The van der Waals surface area contributed by atoms with Gasteiger partial charge < -0.3 is 0 Å². The molecule has 8 aromatic carbocycles. The Hall–Kier alpha value is -8.73. The normalized spacial score (nSPS) is 10.9. The summed E-state index contributed by atoms with van der Waals surface area (Å²) in [6.07, 6.45) is 0. The lowest BCUT2D eigenvalue weighted by Crippen LogP contribution is -2.03. The maximum absolute atomic E-state index is 7.52. The molecule has 0 radical (unpaired) electrons. The minimum absolute atomic E-state index is 0.515. The van der Waals surface area contributed by atoms with Crippen LogP contribution in [0.3, 0.4) is 0 Å². The Bertz CT molecular complexity index is 3160. The Morgan fingerprint density at radius 3 is 1.13 bits per heavy atom. The number of hydrogen-bond donors (Lipinski definition) is 0. The van der Waals surface area contributed by atoms with Crippen LogP contribution in [0.5, 0.6) is 0 Å². The number of benzene rings is 8. The van der Waals surface area contributed by atoms with Crippen molar-refractivity contribution in [1.29, 1.82) is 0 Å². The van der Waals surface area contributed by atoms with Gasteiger partial charge in [-0.15, -0.1) is 0 Å². The van der Waals surface area contributed by atoms with Crippen molar-refractivity contribution >= 4 is 5.69 Å². The molecule has 2 aromatic heterocycles. The predicted molar refractivity (Wildman–Crippen MR) is 248 cm³/mol. The second-order valence-corrected chi connectivity index (χ2v) is 14.6. The molecule has 0 spiro atoms. The van der Waals surface area contributed by atoms with Gasteiger partial charge in [0.05, 0.1) is 6.57 Å². The third-order valence-electron chi connectivity index (χ3n) is 10.6. The van der Waals surface area contributed by atoms with Gasteiger partial charge in [0.2, 0.25) is 0 Å². The van der Waals surface area contributed by atoms with Crippen molar-refractivity contribution in [3.8, 4) is 102 Å². The Kier molecular flexibility index (Phi) is 10.2. The topological polar surface area (TPSA) is 81.7 Å². The molecule has 0 aliphatic carbocycles. The van der Waals surface area contributed by atoms with Crippen molar-refractivity contribution in [2.75, 3.05) is 0 Å². The van der Waals surface area contributed by atoms with Crippen LogP contribution in [0, 0.1) is 6.57 Å². The molecule has 0 fully saturated rings. The molecule has 290 valence electrons. The second kappa shape index (κ2) is 16.9. The standard InChI is InChI=1S/C55H35N7/c1-56-45-32-29-38(30-33-45)43-31-34-47(49(36-43)55-60-50(39-19-8-3-9-20-39)57-51(61-55)40-21-10-4-11-22-40)46-27-14-15-28-48(46)54-59-52(41-23-12-5-13-24-41)58-53(62-54)44-26-16-25-42(35-44)37-17-6-2-7-18-37/h2-36H. The summed E-state index contributed by atoms with van der Waals surface area (Å²) in [5.41, 5.74) is 11.6. The summed E-state index contributed by atoms with van der Waals surface area (Å²) in [6.45, 7) is 7.52. The molecular weight excluding hydrogens is 759 g/mol. The second-order valence-electron chi connectivity index (χ2n) is 14.6. The molecule has 0 saturated heterocycles. The lowest BCUT2D eigenvalue weighted by atomic mass is 9.91. The summed E-state index contributed by atoms with van der Waals surface area (Å²) < 4.78 is 0. The van der Waals surface area contributed by atoms with Gasteiger partial charge in [-0.25, -0.2) is 34.7 Å². The van der Waals surface area contributed by atoms with Gasteiger partial charge in [0.15, 0.2) is 40.6 Å². The first-order valence-electron chi connectivity index (χ1n) is 20.2. The molecule has 10 rings (SSSR count). The average molecular weight is 794 g/mol. The van der Waals surface area contributed by atoms with Crippen LogP contribution in [0.25, 0.3) is 107 Å². The third kappa shape index (κ3) is 7.75. The predicted octanol–water partition coefficient (Wildman–Crippen LogP) is 13.6. The first-order valence-corrected chi connectivity index (χ1v) is 20.2. The van der Waals surface area contributed by atoms with Crippen molar-refractivity contribution in [1.82, 2.24) is 29.9 Å². The Morgan fingerprint density at radius 1 is 0.242 bits per heavy atom. The van der Waals surface area contributed by atoms with Gasteiger partial charge in [0.25, 0.3) is 0 Å². The van der Waals surface area contributed by atoms with E-state index in [1.807, 2.05) is 158 Å². The maximum Gasteiger partial charge on any atom is 0.187 e. The maximum atomic E-state index is 7.52. The van der Waals surface area contributed by atoms with Gasteiger partial charge in [-0.1, -0.05) is 200 Å². The molecule has 0 bridgehead atoms. The van der Waals surface area contributed by atoms with Gasteiger partial charge in [0.1, 0.15) is 0 Å². The van der Waals surface area contributed by atoms with Crippen molar-refractivity contribution in [3.63, 3.8) is 0 Å². The summed E-state index contributed by atoms with van der Waals surface area (Å²) in [7, 11) is 0. The first kappa shape index (κ1) is 37.5. The van der Waals surface area contributed by atoms with Crippen LogP contribution in [0.4, 0.5) is 5.69 Å². The summed E-state index contributed by atoms with van der Waals surface area (Å²) in [4.78, 5) is 34.4. The van der Waals surface area contributed by atoms with E-state index in [0.29, 0.717) is 40.6 Å². The first-order chi connectivity index (χ1) is 30.7. The van der Waals surface area contributed by atoms with E-state index in [9.17, 15) is 0 Å². The van der Waals surface area contributed by atoms with Gasteiger partial charge in [-0.3, -0.25) is 0 Å². The Morgan fingerprint density at radius 2 is 0.597 bits per heavy atom. The fraction of sp³-hybridized carbons (Fsp3) is 0. The molecule has 2 heterocycles.